The molecule has 0 bridgehead atoms. The Kier molecular flexibility index (Phi) is 6.93. The molecule has 5 nitrogen and oxygen atoms in total. The first-order valence-electron chi connectivity index (χ1n) is 8.02. The number of hydrogen-bond acceptors (Lipinski definition) is 6. The molecule has 0 unspecified atom stereocenters. The number of Topliss-reactive ketones (excluding diaryl/α,β-unsaturated/α-hetero) is 1. The van der Waals surface area contributed by atoms with Crippen molar-refractivity contribution in [2.45, 2.75) is 37.5 Å². The zero-order chi connectivity index (χ0) is 17.4. The van der Waals surface area contributed by atoms with Crippen molar-refractivity contribution >= 4 is 32.6 Å². The van der Waals surface area contributed by atoms with E-state index in [0.717, 1.165) is 30.0 Å². The predicted octanol–water partition coefficient (Wildman–Crippen LogP) is 3.79. The number of carbonyl (C=O) groups is 1. The van der Waals surface area contributed by atoms with Crippen LogP contribution in [0.15, 0.2) is 40.7 Å². The molecule has 0 atom stereocenters. The van der Waals surface area contributed by atoms with E-state index in [1.165, 1.54) is 25.5 Å². The summed E-state index contributed by atoms with van der Waals surface area (Å²) in [6.45, 7) is 3.04. The second-order valence-electron chi connectivity index (χ2n) is 5.53. The summed E-state index contributed by atoms with van der Waals surface area (Å²) in [5.74, 6) is -1.02. The number of nitrogens with zero attached hydrogens (tertiary/aromatic N) is 1. The van der Waals surface area contributed by atoms with Crippen LogP contribution in [0.3, 0.4) is 0 Å². The van der Waals surface area contributed by atoms with Gasteiger partial charge in [-0.3, -0.25) is 4.79 Å². The van der Waals surface area contributed by atoms with Gasteiger partial charge in [0.25, 0.3) is 0 Å². The Morgan fingerprint density at radius 2 is 1.92 bits per heavy atom. The van der Waals surface area contributed by atoms with Crippen molar-refractivity contribution in [1.29, 1.82) is 0 Å². The number of nitrogens with one attached hydrogen (secondary N) is 1. The molecule has 130 valence electrons. The van der Waals surface area contributed by atoms with E-state index in [9.17, 15) is 13.2 Å². The largest absolute Gasteiger partial charge is 0.385 e. The molecule has 0 spiro atoms. The fraction of sp³-hybridized carbons (Fsp3) is 0.412. The van der Waals surface area contributed by atoms with Gasteiger partial charge >= 0.3 is 0 Å². The average molecular weight is 367 g/mol. The van der Waals surface area contributed by atoms with Gasteiger partial charge in [-0.25, -0.2) is 13.4 Å². The fourth-order valence-electron chi connectivity index (χ4n) is 2.24. The average Bonchev–Trinajstić information content (AvgIpc) is 3.09. The Balaban J connectivity index is 1.92. The van der Waals surface area contributed by atoms with Gasteiger partial charge in [0.1, 0.15) is 5.75 Å². The van der Waals surface area contributed by atoms with Gasteiger partial charge in [-0.2, -0.15) is 0 Å². The maximum atomic E-state index is 12.3. The smallest absolute Gasteiger partial charge is 0.206 e. The second-order valence-corrected chi connectivity index (χ2v) is 8.42. The molecule has 0 fully saturated rings. The fourth-order valence-corrected chi connectivity index (χ4v) is 4.11. The van der Waals surface area contributed by atoms with Crippen LogP contribution in [-0.4, -0.2) is 31.5 Å². The maximum Gasteiger partial charge on any atom is 0.206 e. The van der Waals surface area contributed by atoms with Gasteiger partial charge in [0.15, 0.2) is 14.8 Å². The van der Waals surface area contributed by atoms with Crippen molar-refractivity contribution in [2.24, 2.45) is 0 Å². The molecule has 1 aromatic carbocycles. The quantitative estimate of drug-likeness (QED) is 0.511. The third kappa shape index (κ3) is 5.42. The topological polar surface area (TPSA) is 76.1 Å². The summed E-state index contributed by atoms with van der Waals surface area (Å²) in [5, 5.41) is 5.15. The molecule has 7 heteroatoms. The van der Waals surface area contributed by atoms with Crippen LogP contribution >= 0.6 is 11.3 Å². The number of unbranched alkanes of at least 4 members (excludes halogenated alkanes) is 3. The van der Waals surface area contributed by atoms with Crippen LogP contribution in [0.2, 0.25) is 0 Å². The number of benzene rings is 1. The molecule has 1 N–H and O–H groups in total. The summed E-state index contributed by atoms with van der Waals surface area (Å²) >= 11 is 1.15. The number of aromatic nitrogens is 1. The van der Waals surface area contributed by atoms with E-state index >= 15 is 0 Å². The number of carbonyl (C=O) groups excluding carboxylic acids is 1. The summed E-state index contributed by atoms with van der Waals surface area (Å²) in [6.07, 6.45) is 6.20. The lowest BCUT2D eigenvalue weighted by Gasteiger charge is -2.08. The highest BCUT2D eigenvalue weighted by atomic mass is 32.2. The lowest BCUT2D eigenvalue weighted by atomic mass is 10.2. The predicted molar refractivity (Wildman–Crippen MR) is 97.6 cm³/mol. The molecule has 0 amide bonds. The minimum absolute atomic E-state index is 0.156. The van der Waals surface area contributed by atoms with Crippen LogP contribution in [-0.2, 0) is 9.84 Å². The first-order chi connectivity index (χ1) is 11.5. The van der Waals surface area contributed by atoms with E-state index in [4.69, 9.17) is 0 Å². The molecular weight excluding hydrogens is 344 g/mol. The summed E-state index contributed by atoms with van der Waals surface area (Å²) < 4.78 is 24.6. The molecule has 2 aromatic rings. The van der Waals surface area contributed by atoms with E-state index in [1.807, 2.05) is 0 Å². The number of thiazole rings is 1. The van der Waals surface area contributed by atoms with Crippen LogP contribution in [0.25, 0.3) is 0 Å². The van der Waals surface area contributed by atoms with Crippen LogP contribution in [0.1, 0.15) is 42.4 Å². The first kappa shape index (κ1) is 18.6. The monoisotopic (exact) mass is 366 g/mol. The van der Waals surface area contributed by atoms with Crippen molar-refractivity contribution in [3.8, 4) is 0 Å². The third-order valence-electron chi connectivity index (χ3n) is 3.56. The van der Waals surface area contributed by atoms with Crippen LogP contribution < -0.4 is 5.32 Å². The van der Waals surface area contributed by atoms with Crippen LogP contribution in [0.5, 0.6) is 0 Å². The molecule has 1 aromatic heterocycles. The van der Waals surface area contributed by atoms with E-state index in [2.05, 4.69) is 17.2 Å². The molecule has 1 heterocycles. The van der Waals surface area contributed by atoms with Crippen molar-refractivity contribution in [2.75, 3.05) is 17.6 Å². The summed E-state index contributed by atoms with van der Waals surface area (Å²) in [4.78, 5) is 16.0. The Hall–Kier alpha value is -1.73. The van der Waals surface area contributed by atoms with E-state index in [0.29, 0.717) is 0 Å². The highest BCUT2D eigenvalue weighted by Gasteiger charge is 2.21. The number of ketones is 1. The first-order valence-corrected chi connectivity index (χ1v) is 10.6. The number of hydrogen-bond donors (Lipinski definition) is 1. The van der Waals surface area contributed by atoms with Crippen LogP contribution in [0.4, 0.5) is 5.69 Å². The van der Waals surface area contributed by atoms with E-state index in [-0.39, 0.29) is 9.90 Å². The van der Waals surface area contributed by atoms with Gasteiger partial charge in [0.05, 0.1) is 4.90 Å². The van der Waals surface area contributed by atoms with Gasteiger partial charge in [-0.05, 0) is 30.7 Å². The standard InChI is InChI=1S/C17H22N2O3S2/c1-2-3-4-5-10-18-14-6-8-15(9-7-14)24(21,22)13-16(20)17-19-11-12-23-17/h6-9,11-12,18H,2-5,10,13H2,1H3. The Bertz CT molecular complexity index is 739. The minimum atomic E-state index is -3.65. The van der Waals surface area contributed by atoms with Gasteiger partial charge in [-0.1, -0.05) is 26.2 Å². The Morgan fingerprint density at radius 1 is 1.17 bits per heavy atom. The van der Waals surface area contributed by atoms with Gasteiger partial charge in [0, 0.05) is 23.8 Å². The van der Waals surface area contributed by atoms with Gasteiger partial charge < -0.3 is 5.32 Å². The molecule has 2 rings (SSSR count). The van der Waals surface area contributed by atoms with Crippen molar-refractivity contribution in [3.05, 3.63) is 40.8 Å². The maximum absolute atomic E-state index is 12.3. The third-order valence-corrected chi connectivity index (χ3v) is 6.01. The van der Waals surface area contributed by atoms with E-state index < -0.39 is 21.4 Å². The molecule has 0 aliphatic carbocycles. The normalized spacial score (nSPS) is 11.4. The number of rotatable bonds is 10. The molecule has 0 aliphatic heterocycles. The van der Waals surface area contributed by atoms with Gasteiger partial charge in [0.2, 0.25) is 5.78 Å². The number of sulfone groups is 1. The molecule has 24 heavy (non-hydrogen) atoms. The van der Waals surface area contributed by atoms with Gasteiger partial charge in [-0.15, -0.1) is 11.3 Å². The molecule has 0 saturated heterocycles. The van der Waals surface area contributed by atoms with Crippen molar-refractivity contribution < 1.29 is 13.2 Å². The summed E-state index contributed by atoms with van der Waals surface area (Å²) in [6, 6.07) is 6.55. The minimum Gasteiger partial charge on any atom is -0.385 e. The lowest BCUT2D eigenvalue weighted by Crippen LogP contribution is -2.16. The molecule has 0 saturated carbocycles. The summed E-state index contributed by atoms with van der Waals surface area (Å²) in [7, 11) is -3.65. The zero-order valence-electron chi connectivity index (χ0n) is 13.7. The zero-order valence-corrected chi connectivity index (χ0v) is 15.3. The Labute approximate surface area is 147 Å². The number of anilines is 1. The van der Waals surface area contributed by atoms with E-state index in [1.54, 1.807) is 29.6 Å². The highest BCUT2D eigenvalue weighted by molar-refractivity contribution is 7.92. The molecule has 0 aliphatic rings. The molecular formula is C17H22N2O3S2. The Morgan fingerprint density at radius 3 is 2.54 bits per heavy atom. The second kappa shape index (κ2) is 8.94. The van der Waals surface area contributed by atoms with Crippen LogP contribution in [0, 0.1) is 0 Å². The van der Waals surface area contributed by atoms with Crippen molar-refractivity contribution in [3.63, 3.8) is 0 Å². The highest BCUT2D eigenvalue weighted by Crippen LogP contribution is 2.17. The van der Waals surface area contributed by atoms with Crippen molar-refractivity contribution in [1.82, 2.24) is 4.98 Å². The summed E-state index contributed by atoms with van der Waals surface area (Å²) in [5.41, 5.74) is 0.886. The lowest BCUT2D eigenvalue weighted by molar-refractivity contribution is 0.102. The molecule has 0 radical (unpaired) electrons. The SMILES string of the molecule is CCCCCCNc1ccc(S(=O)(=O)CC(=O)c2nccs2)cc1.